The van der Waals surface area contributed by atoms with E-state index in [0.29, 0.717) is 17.3 Å². The van der Waals surface area contributed by atoms with Gasteiger partial charge in [-0.3, -0.25) is 4.79 Å². The number of amides is 1. The van der Waals surface area contributed by atoms with Gasteiger partial charge in [0.25, 0.3) is 0 Å². The highest BCUT2D eigenvalue weighted by molar-refractivity contribution is 7.80. The SMILES string of the molecule is CCC(C(=O)NCC1CCC1)C(N)=S. The van der Waals surface area contributed by atoms with Crippen LogP contribution >= 0.6 is 12.2 Å². The maximum absolute atomic E-state index is 11.6. The molecule has 14 heavy (non-hydrogen) atoms. The number of nitrogens with one attached hydrogen (secondary N) is 1. The fraction of sp³-hybridized carbons (Fsp3) is 0.800. The molecule has 0 aromatic carbocycles. The van der Waals surface area contributed by atoms with Gasteiger partial charge in [-0.2, -0.15) is 0 Å². The predicted octanol–water partition coefficient (Wildman–Crippen LogP) is 1.22. The minimum atomic E-state index is -0.287. The predicted molar refractivity (Wildman–Crippen MR) is 60.9 cm³/mol. The smallest absolute Gasteiger partial charge is 0.229 e. The van der Waals surface area contributed by atoms with Crippen LogP contribution in [0, 0.1) is 11.8 Å². The van der Waals surface area contributed by atoms with Crippen molar-refractivity contribution in [3.63, 3.8) is 0 Å². The molecule has 0 aliphatic heterocycles. The van der Waals surface area contributed by atoms with Gasteiger partial charge in [0.05, 0.1) is 10.9 Å². The molecule has 0 saturated heterocycles. The first-order chi connectivity index (χ1) is 6.65. The Morgan fingerprint density at radius 1 is 1.64 bits per heavy atom. The molecule has 3 N–H and O–H groups in total. The van der Waals surface area contributed by atoms with Crippen LogP contribution < -0.4 is 11.1 Å². The second kappa shape index (κ2) is 5.29. The molecule has 1 aliphatic rings. The monoisotopic (exact) mass is 214 g/mol. The van der Waals surface area contributed by atoms with E-state index in [0.717, 1.165) is 6.54 Å². The average molecular weight is 214 g/mol. The van der Waals surface area contributed by atoms with Gasteiger partial charge in [-0.15, -0.1) is 0 Å². The number of hydrogen-bond donors (Lipinski definition) is 2. The second-order valence-corrected chi connectivity index (χ2v) is 4.38. The number of rotatable bonds is 5. The Kier molecular flexibility index (Phi) is 4.32. The van der Waals surface area contributed by atoms with E-state index in [1.807, 2.05) is 6.92 Å². The Morgan fingerprint density at radius 3 is 2.64 bits per heavy atom. The lowest BCUT2D eigenvalue weighted by Gasteiger charge is -2.26. The number of thiocarbonyl (C=S) groups is 1. The van der Waals surface area contributed by atoms with E-state index in [-0.39, 0.29) is 11.8 Å². The van der Waals surface area contributed by atoms with E-state index in [1.165, 1.54) is 19.3 Å². The number of carbonyl (C=O) groups is 1. The van der Waals surface area contributed by atoms with Crippen LogP contribution in [0.4, 0.5) is 0 Å². The molecule has 4 heteroatoms. The maximum atomic E-state index is 11.6. The lowest BCUT2D eigenvalue weighted by atomic mass is 9.85. The van der Waals surface area contributed by atoms with Gasteiger partial charge in [-0.25, -0.2) is 0 Å². The summed E-state index contributed by atoms with van der Waals surface area (Å²) in [5, 5.41) is 2.91. The van der Waals surface area contributed by atoms with E-state index < -0.39 is 0 Å². The van der Waals surface area contributed by atoms with Crippen molar-refractivity contribution < 1.29 is 4.79 Å². The molecule has 0 aromatic rings. The zero-order chi connectivity index (χ0) is 10.6. The average Bonchev–Trinajstić information content (AvgIpc) is 2.01. The number of hydrogen-bond acceptors (Lipinski definition) is 2. The van der Waals surface area contributed by atoms with Gasteiger partial charge in [-0.05, 0) is 25.2 Å². The van der Waals surface area contributed by atoms with E-state index in [4.69, 9.17) is 18.0 Å². The summed E-state index contributed by atoms with van der Waals surface area (Å²) < 4.78 is 0. The molecule has 1 aliphatic carbocycles. The maximum Gasteiger partial charge on any atom is 0.229 e. The van der Waals surface area contributed by atoms with Crippen LogP contribution in [-0.2, 0) is 4.79 Å². The molecule has 3 nitrogen and oxygen atoms in total. The third kappa shape index (κ3) is 2.94. The quantitative estimate of drug-likeness (QED) is 0.676. The van der Waals surface area contributed by atoms with Crippen molar-refractivity contribution in [1.82, 2.24) is 5.32 Å². The lowest BCUT2D eigenvalue weighted by Crippen LogP contribution is -2.40. The molecule has 1 fully saturated rings. The molecule has 1 saturated carbocycles. The summed E-state index contributed by atoms with van der Waals surface area (Å²) in [6.07, 6.45) is 4.47. The van der Waals surface area contributed by atoms with Gasteiger partial charge in [0, 0.05) is 6.54 Å². The molecule has 0 aromatic heterocycles. The van der Waals surface area contributed by atoms with Crippen molar-refractivity contribution in [3.8, 4) is 0 Å². The van der Waals surface area contributed by atoms with Gasteiger partial charge in [0.2, 0.25) is 5.91 Å². The zero-order valence-corrected chi connectivity index (χ0v) is 9.40. The zero-order valence-electron chi connectivity index (χ0n) is 8.58. The van der Waals surface area contributed by atoms with Gasteiger partial charge < -0.3 is 11.1 Å². The minimum Gasteiger partial charge on any atom is -0.393 e. The molecule has 80 valence electrons. The Labute approximate surface area is 90.4 Å². The van der Waals surface area contributed by atoms with Crippen LogP contribution in [0.2, 0.25) is 0 Å². The summed E-state index contributed by atoms with van der Waals surface area (Å²) in [7, 11) is 0. The van der Waals surface area contributed by atoms with Crippen molar-refractivity contribution in [1.29, 1.82) is 0 Å². The molecule has 1 atom stereocenters. The van der Waals surface area contributed by atoms with Crippen LogP contribution in [0.15, 0.2) is 0 Å². The van der Waals surface area contributed by atoms with Gasteiger partial charge in [-0.1, -0.05) is 25.6 Å². The molecular weight excluding hydrogens is 196 g/mol. The summed E-state index contributed by atoms with van der Waals surface area (Å²) >= 11 is 4.83. The van der Waals surface area contributed by atoms with Crippen molar-refractivity contribution in [2.75, 3.05) is 6.54 Å². The molecule has 0 heterocycles. The summed E-state index contributed by atoms with van der Waals surface area (Å²) in [6, 6.07) is 0. The summed E-state index contributed by atoms with van der Waals surface area (Å²) in [4.78, 5) is 11.9. The first kappa shape index (κ1) is 11.4. The highest BCUT2D eigenvalue weighted by atomic mass is 32.1. The van der Waals surface area contributed by atoms with Crippen LogP contribution in [-0.4, -0.2) is 17.4 Å². The number of nitrogens with two attached hydrogens (primary N) is 1. The van der Waals surface area contributed by atoms with Crippen LogP contribution in [0.3, 0.4) is 0 Å². The fourth-order valence-corrected chi connectivity index (χ4v) is 1.85. The van der Waals surface area contributed by atoms with Crippen molar-refractivity contribution in [3.05, 3.63) is 0 Å². The highest BCUT2D eigenvalue weighted by Gasteiger charge is 2.22. The van der Waals surface area contributed by atoms with Crippen LogP contribution in [0.25, 0.3) is 0 Å². The fourth-order valence-electron chi connectivity index (χ4n) is 1.58. The van der Waals surface area contributed by atoms with E-state index in [1.54, 1.807) is 0 Å². The Morgan fingerprint density at radius 2 is 2.29 bits per heavy atom. The first-order valence-electron chi connectivity index (χ1n) is 5.22. The molecule has 0 bridgehead atoms. The third-order valence-electron chi connectivity index (χ3n) is 2.86. The minimum absolute atomic E-state index is 0.00750. The first-order valence-corrected chi connectivity index (χ1v) is 5.63. The second-order valence-electron chi connectivity index (χ2n) is 3.91. The topological polar surface area (TPSA) is 55.1 Å². The van der Waals surface area contributed by atoms with Crippen molar-refractivity contribution >= 4 is 23.1 Å². The normalized spacial score (nSPS) is 18.4. The van der Waals surface area contributed by atoms with Crippen LogP contribution in [0.1, 0.15) is 32.6 Å². The molecule has 1 rings (SSSR count). The molecular formula is C10H18N2OS. The van der Waals surface area contributed by atoms with Gasteiger partial charge >= 0.3 is 0 Å². The Balaban J connectivity index is 2.27. The van der Waals surface area contributed by atoms with Gasteiger partial charge in [0.1, 0.15) is 0 Å². The lowest BCUT2D eigenvalue weighted by molar-refractivity contribution is -0.123. The summed E-state index contributed by atoms with van der Waals surface area (Å²) in [6.45, 7) is 2.71. The molecule has 1 unspecified atom stereocenters. The summed E-state index contributed by atoms with van der Waals surface area (Å²) in [5.74, 6) is 0.389. The third-order valence-corrected chi connectivity index (χ3v) is 3.14. The Hall–Kier alpha value is -0.640. The standard InChI is InChI=1S/C10H18N2OS/c1-2-8(9(11)14)10(13)12-6-7-4-3-5-7/h7-8H,2-6H2,1H3,(H2,11,14)(H,12,13). The van der Waals surface area contributed by atoms with Gasteiger partial charge in [0.15, 0.2) is 0 Å². The molecule has 1 amide bonds. The van der Waals surface area contributed by atoms with Crippen molar-refractivity contribution in [2.45, 2.75) is 32.6 Å². The Bertz CT molecular complexity index is 226. The summed E-state index contributed by atoms with van der Waals surface area (Å²) in [5.41, 5.74) is 5.47. The molecule has 0 spiro atoms. The largest absolute Gasteiger partial charge is 0.393 e. The number of carbonyl (C=O) groups excluding carboxylic acids is 1. The van der Waals surface area contributed by atoms with E-state index in [9.17, 15) is 4.79 Å². The molecule has 0 radical (unpaired) electrons. The highest BCUT2D eigenvalue weighted by Crippen LogP contribution is 2.25. The van der Waals surface area contributed by atoms with E-state index in [2.05, 4.69) is 5.32 Å². The van der Waals surface area contributed by atoms with Crippen LogP contribution in [0.5, 0.6) is 0 Å². The van der Waals surface area contributed by atoms with E-state index >= 15 is 0 Å². The van der Waals surface area contributed by atoms with Crippen molar-refractivity contribution in [2.24, 2.45) is 17.6 Å².